The van der Waals surface area contributed by atoms with Gasteiger partial charge in [0.05, 0.1) is 23.3 Å². The molecular weight excluding hydrogens is 837 g/mol. The van der Waals surface area contributed by atoms with Crippen molar-refractivity contribution in [1.29, 1.82) is 0 Å². The standard InChI is InChI=1S/C52H78N2O8Si2/c1-33-51(56)44(29-40-38-26-25-35-27-42(54-57-12)41(53)30-49(35,10)39(38)28-43(50(40,51)11)59-34(2)55)60-52(33)45(31-48(9,62-52)32-58-63(13,14)46(3,4)5)61-64(47(6,7)8,36-21-17-15-18-22-36)37-23-19-16-20-24-37/h15-24,29,33,35,38-39,41,43-45,56H,25-28,30-32,53H2,1-14H3/b54-42+/t33-,35-,38+,39-,41+,43+,44-,45+,48-,49-,50+,51+,52-/m0/s1. The van der Waals surface area contributed by atoms with Crippen LogP contribution in [0.15, 0.2) is 77.5 Å². The van der Waals surface area contributed by atoms with Gasteiger partial charge in [0.1, 0.15) is 31.0 Å². The summed E-state index contributed by atoms with van der Waals surface area (Å²) in [4.78, 5) is 18.5. The second kappa shape index (κ2) is 16.0. The number of rotatable bonds is 9. The minimum atomic E-state index is -3.19. The largest absolute Gasteiger partial charge is 0.462 e. The Morgan fingerprint density at radius 3 is 2.08 bits per heavy atom. The molecule has 64 heavy (non-hydrogen) atoms. The maximum absolute atomic E-state index is 14.1. The van der Waals surface area contributed by atoms with Crippen LogP contribution in [0.5, 0.6) is 0 Å². The molecule has 0 bridgehead atoms. The second-order valence-corrected chi connectivity index (χ2v) is 32.9. The van der Waals surface area contributed by atoms with Gasteiger partial charge in [0.25, 0.3) is 8.32 Å². The molecule has 0 radical (unpaired) electrons. The van der Waals surface area contributed by atoms with Crippen molar-refractivity contribution in [3.63, 3.8) is 0 Å². The minimum absolute atomic E-state index is 0.00709. The van der Waals surface area contributed by atoms with E-state index in [-0.39, 0.29) is 39.3 Å². The van der Waals surface area contributed by atoms with Gasteiger partial charge in [-0.3, -0.25) is 4.79 Å². The molecule has 10 nitrogen and oxygen atoms in total. The topological polar surface area (TPSA) is 131 Å². The molecule has 13 atom stereocenters. The number of benzene rings is 2. The van der Waals surface area contributed by atoms with Crippen molar-refractivity contribution in [2.75, 3.05) is 13.7 Å². The SMILES string of the molecule is CO/N=C1\C[C@@H]2CC[C@H]3C4=C[C@@H]5O[C@]6(O[C@](C)(CO[Si](C)(C)C(C)(C)C)C[C@H]6O[Si](c6ccccc6)(c6ccccc6)C(C)(C)C)[C@@H](C)[C@]5(O)[C@@]4(C)[C@H](OC(C)=O)C[C@@H]3[C@@]2(C)C[C@H]1N. The number of hydrogen-bond acceptors (Lipinski definition) is 10. The molecule has 352 valence electrons. The maximum Gasteiger partial charge on any atom is 0.302 e. The van der Waals surface area contributed by atoms with Gasteiger partial charge in [0.2, 0.25) is 5.79 Å². The van der Waals surface area contributed by atoms with Crippen LogP contribution in [0.1, 0.15) is 115 Å². The average molecular weight is 915 g/mol. The molecule has 2 aliphatic heterocycles. The van der Waals surface area contributed by atoms with E-state index >= 15 is 0 Å². The van der Waals surface area contributed by atoms with Crippen LogP contribution in [-0.4, -0.2) is 88.5 Å². The second-order valence-electron chi connectivity index (χ2n) is 23.8. The van der Waals surface area contributed by atoms with Gasteiger partial charge < -0.3 is 38.7 Å². The molecule has 2 aromatic carbocycles. The van der Waals surface area contributed by atoms with Crippen LogP contribution in [-0.2, 0) is 32.7 Å². The van der Waals surface area contributed by atoms with Gasteiger partial charge in [-0.1, -0.05) is 133 Å². The number of carbonyl (C=O) groups excluding carboxylic acids is 1. The molecule has 8 rings (SSSR count). The lowest BCUT2D eigenvalue weighted by molar-refractivity contribution is -0.277. The Bertz CT molecular complexity index is 2100. The highest BCUT2D eigenvalue weighted by molar-refractivity contribution is 6.99. The van der Waals surface area contributed by atoms with Gasteiger partial charge in [-0.05, 0) is 103 Å². The Labute approximate surface area is 385 Å². The summed E-state index contributed by atoms with van der Waals surface area (Å²) in [6.07, 6.45) is 4.90. The van der Waals surface area contributed by atoms with Crippen molar-refractivity contribution in [2.45, 2.75) is 179 Å². The number of carbonyl (C=O) groups is 1. The Kier molecular flexibility index (Phi) is 11.9. The fraction of sp³-hybridized carbons (Fsp3) is 0.692. The first-order valence-corrected chi connectivity index (χ1v) is 28.8. The van der Waals surface area contributed by atoms with E-state index in [9.17, 15) is 9.90 Å². The first kappa shape index (κ1) is 47.8. The van der Waals surface area contributed by atoms with Crippen LogP contribution in [0, 0.1) is 34.5 Å². The van der Waals surface area contributed by atoms with E-state index in [0.717, 1.165) is 47.3 Å². The summed E-state index contributed by atoms with van der Waals surface area (Å²) in [5, 5.41) is 20.4. The molecular formula is C52H78N2O8Si2. The lowest BCUT2D eigenvalue weighted by atomic mass is 9.44. The molecule has 2 heterocycles. The Morgan fingerprint density at radius 1 is 0.922 bits per heavy atom. The smallest absolute Gasteiger partial charge is 0.302 e. The van der Waals surface area contributed by atoms with Crippen LogP contribution in [0.2, 0.25) is 23.2 Å². The van der Waals surface area contributed by atoms with Gasteiger partial charge >= 0.3 is 5.97 Å². The van der Waals surface area contributed by atoms with E-state index in [1.54, 1.807) is 7.11 Å². The van der Waals surface area contributed by atoms with Gasteiger partial charge in [-0.15, -0.1) is 0 Å². The molecule has 2 saturated heterocycles. The number of ether oxygens (including phenoxy) is 3. The fourth-order valence-corrected chi connectivity index (χ4v) is 19.5. The molecule has 1 spiro atoms. The van der Waals surface area contributed by atoms with Crippen LogP contribution in [0.25, 0.3) is 0 Å². The van der Waals surface area contributed by atoms with E-state index in [0.29, 0.717) is 25.4 Å². The van der Waals surface area contributed by atoms with Crippen molar-refractivity contribution in [3.8, 4) is 0 Å². The van der Waals surface area contributed by atoms with Crippen LogP contribution in [0.3, 0.4) is 0 Å². The summed E-state index contributed by atoms with van der Waals surface area (Å²) in [5.74, 6) is -1.64. The van der Waals surface area contributed by atoms with Crippen molar-refractivity contribution in [2.24, 2.45) is 45.4 Å². The third-order valence-electron chi connectivity index (χ3n) is 18.2. The lowest BCUT2D eigenvalue weighted by Gasteiger charge is -2.62. The quantitative estimate of drug-likeness (QED) is 0.110. The normalized spacial score (nSPS) is 40.4. The van der Waals surface area contributed by atoms with E-state index in [4.69, 9.17) is 33.6 Å². The molecule has 0 amide bonds. The molecule has 5 fully saturated rings. The molecule has 3 N–H and O–H groups in total. The van der Waals surface area contributed by atoms with Gasteiger partial charge in [-0.25, -0.2) is 0 Å². The van der Waals surface area contributed by atoms with Crippen molar-refractivity contribution < 1.29 is 37.8 Å². The van der Waals surface area contributed by atoms with Crippen LogP contribution in [0.4, 0.5) is 0 Å². The third-order valence-corrected chi connectivity index (χ3v) is 27.7. The zero-order valence-electron chi connectivity index (χ0n) is 41.2. The average Bonchev–Trinajstić information content (AvgIpc) is 3.72. The number of nitrogens with two attached hydrogens (primary N) is 1. The van der Waals surface area contributed by atoms with E-state index in [2.05, 4.69) is 154 Å². The predicted octanol–water partition coefficient (Wildman–Crippen LogP) is 8.65. The highest BCUT2D eigenvalue weighted by Gasteiger charge is 2.80. The molecule has 6 aliphatic rings. The van der Waals surface area contributed by atoms with E-state index in [1.165, 1.54) is 6.92 Å². The third kappa shape index (κ3) is 7.04. The Hall–Kier alpha value is -2.69. The van der Waals surface area contributed by atoms with E-state index in [1.807, 2.05) is 0 Å². The minimum Gasteiger partial charge on any atom is -0.462 e. The zero-order chi connectivity index (χ0) is 46.7. The molecule has 3 saturated carbocycles. The van der Waals surface area contributed by atoms with Gasteiger partial charge in [-0.2, -0.15) is 0 Å². The Balaban J connectivity index is 1.26. The molecule has 4 aliphatic carbocycles. The maximum atomic E-state index is 14.1. The molecule has 0 aromatic heterocycles. The van der Waals surface area contributed by atoms with E-state index < -0.39 is 63.3 Å². The lowest BCUT2D eigenvalue weighted by Crippen LogP contribution is -2.70. The van der Waals surface area contributed by atoms with Crippen LogP contribution < -0.4 is 16.1 Å². The molecule has 2 aromatic rings. The van der Waals surface area contributed by atoms with Crippen molar-refractivity contribution in [1.82, 2.24) is 0 Å². The highest BCUT2D eigenvalue weighted by Crippen LogP contribution is 2.72. The summed E-state index contributed by atoms with van der Waals surface area (Å²) in [6, 6.07) is 21.2. The number of esters is 1. The summed E-state index contributed by atoms with van der Waals surface area (Å²) in [7, 11) is -3.82. The predicted molar refractivity (Wildman–Crippen MR) is 257 cm³/mol. The van der Waals surface area contributed by atoms with Crippen molar-refractivity contribution >= 4 is 38.7 Å². The number of fused-ring (bicyclic) bond motifs is 7. The summed E-state index contributed by atoms with van der Waals surface area (Å²) in [6.45, 7) is 28.8. The van der Waals surface area contributed by atoms with Gasteiger partial charge in [0, 0.05) is 25.3 Å². The van der Waals surface area contributed by atoms with Gasteiger partial charge in [0.15, 0.2) is 8.32 Å². The first-order valence-electron chi connectivity index (χ1n) is 24.0. The summed E-state index contributed by atoms with van der Waals surface area (Å²) < 4.78 is 36.8. The fourth-order valence-electron chi connectivity index (χ4n) is 13.7. The number of nitrogens with zero attached hydrogens (tertiary/aromatic N) is 1. The summed E-state index contributed by atoms with van der Waals surface area (Å²) >= 11 is 0. The highest BCUT2D eigenvalue weighted by atomic mass is 28.4. The molecule has 0 unspecified atom stereocenters. The monoisotopic (exact) mass is 915 g/mol. The number of aliphatic hydroxyl groups is 1. The molecule has 12 heteroatoms. The van der Waals surface area contributed by atoms with Crippen LogP contribution >= 0.6 is 0 Å². The Morgan fingerprint density at radius 2 is 1.53 bits per heavy atom. The number of oxime groups is 1. The number of hydrogen-bond donors (Lipinski definition) is 2. The first-order chi connectivity index (χ1) is 29.7. The van der Waals surface area contributed by atoms with Crippen molar-refractivity contribution in [3.05, 3.63) is 72.3 Å². The summed E-state index contributed by atoms with van der Waals surface area (Å²) in [5.41, 5.74) is 5.49. The zero-order valence-corrected chi connectivity index (χ0v) is 43.2.